The zero-order valence-corrected chi connectivity index (χ0v) is 12.5. The van der Waals surface area contributed by atoms with E-state index in [0.717, 1.165) is 31.6 Å². The van der Waals surface area contributed by atoms with Crippen LogP contribution in [0.15, 0.2) is 18.3 Å². The predicted octanol–water partition coefficient (Wildman–Crippen LogP) is 3.40. The molecule has 0 unspecified atom stereocenters. The molecule has 4 rings (SSSR count). The van der Waals surface area contributed by atoms with E-state index < -0.39 is 0 Å². The Kier molecular flexibility index (Phi) is 3.65. The Bertz CT molecular complexity index is 610. The van der Waals surface area contributed by atoms with Crippen LogP contribution in [0.1, 0.15) is 49.5 Å². The Labute approximate surface area is 125 Å². The van der Waals surface area contributed by atoms with E-state index in [1.807, 2.05) is 12.3 Å². The van der Waals surface area contributed by atoms with Crippen LogP contribution in [0, 0.1) is 0 Å². The minimum absolute atomic E-state index is 0.235. The van der Waals surface area contributed by atoms with Gasteiger partial charge in [-0.3, -0.25) is 4.90 Å². The summed E-state index contributed by atoms with van der Waals surface area (Å²) in [5.41, 5.74) is 3.69. The molecule has 112 valence electrons. The van der Waals surface area contributed by atoms with E-state index in [9.17, 15) is 0 Å². The highest BCUT2D eigenvalue weighted by Gasteiger charge is 2.25. The third kappa shape index (κ3) is 2.58. The highest BCUT2D eigenvalue weighted by Crippen LogP contribution is 2.34. The molecule has 0 aromatic carbocycles. The average molecular weight is 285 g/mol. The normalized spacial score (nSPS) is 23.9. The molecule has 21 heavy (non-hydrogen) atoms. The maximum atomic E-state index is 5.92. The lowest BCUT2D eigenvalue weighted by Gasteiger charge is -2.27. The minimum Gasteiger partial charge on any atom is -0.372 e. The first-order chi connectivity index (χ1) is 10.4. The van der Waals surface area contributed by atoms with E-state index >= 15 is 0 Å². The number of likely N-dealkylation sites (tertiary alicyclic amines) is 1. The van der Waals surface area contributed by atoms with Gasteiger partial charge in [-0.05, 0) is 56.5 Å². The number of ether oxygens (including phenoxy) is 1. The highest BCUT2D eigenvalue weighted by molar-refractivity contribution is 5.81. The number of nitrogens with zero attached hydrogens (tertiary/aromatic N) is 2. The second kappa shape index (κ2) is 5.78. The third-order valence-electron chi connectivity index (χ3n) is 4.79. The number of aromatic nitrogens is 2. The van der Waals surface area contributed by atoms with E-state index in [2.05, 4.69) is 20.9 Å². The lowest BCUT2D eigenvalue weighted by atomic mass is 10.0. The Hall–Kier alpha value is -1.39. The zero-order valence-electron chi connectivity index (χ0n) is 12.5. The van der Waals surface area contributed by atoms with Gasteiger partial charge in [-0.1, -0.05) is 6.42 Å². The molecule has 4 heteroatoms. The van der Waals surface area contributed by atoms with E-state index in [1.54, 1.807) is 0 Å². The van der Waals surface area contributed by atoms with E-state index in [1.165, 1.54) is 49.0 Å². The first kappa shape index (κ1) is 13.3. The van der Waals surface area contributed by atoms with Gasteiger partial charge in [0.1, 0.15) is 5.65 Å². The molecule has 2 aromatic rings. The number of rotatable bonds is 3. The van der Waals surface area contributed by atoms with Crippen molar-refractivity contribution >= 4 is 11.0 Å². The molecule has 2 aliphatic heterocycles. The van der Waals surface area contributed by atoms with Crippen molar-refractivity contribution in [2.24, 2.45) is 0 Å². The molecule has 1 N–H and O–H groups in total. The molecule has 2 aliphatic rings. The molecule has 4 nitrogen and oxygen atoms in total. The number of fused-ring (bicyclic) bond motifs is 1. The molecule has 0 spiro atoms. The van der Waals surface area contributed by atoms with Gasteiger partial charge in [0.2, 0.25) is 0 Å². The van der Waals surface area contributed by atoms with E-state index in [-0.39, 0.29) is 6.10 Å². The number of hydrogen-bond donors (Lipinski definition) is 1. The zero-order chi connectivity index (χ0) is 14.1. The summed E-state index contributed by atoms with van der Waals surface area (Å²) >= 11 is 0. The first-order valence-electron chi connectivity index (χ1n) is 8.21. The van der Waals surface area contributed by atoms with Crippen LogP contribution in [-0.4, -0.2) is 34.6 Å². The Morgan fingerprint density at radius 2 is 2.14 bits per heavy atom. The molecule has 0 aliphatic carbocycles. The van der Waals surface area contributed by atoms with Gasteiger partial charge in [0.25, 0.3) is 0 Å². The molecule has 4 heterocycles. The summed E-state index contributed by atoms with van der Waals surface area (Å²) in [6.07, 6.45) is 8.43. The monoisotopic (exact) mass is 285 g/mol. The third-order valence-corrected chi connectivity index (χ3v) is 4.79. The summed E-state index contributed by atoms with van der Waals surface area (Å²) in [6, 6.07) is 4.23. The Balaban J connectivity index is 1.70. The van der Waals surface area contributed by atoms with Gasteiger partial charge in [0.15, 0.2) is 0 Å². The van der Waals surface area contributed by atoms with Crippen LogP contribution < -0.4 is 0 Å². The molecule has 2 aromatic heterocycles. The summed E-state index contributed by atoms with van der Waals surface area (Å²) in [7, 11) is 0. The van der Waals surface area contributed by atoms with Crippen LogP contribution in [0.4, 0.5) is 0 Å². The van der Waals surface area contributed by atoms with E-state index in [4.69, 9.17) is 4.74 Å². The summed E-state index contributed by atoms with van der Waals surface area (Å²) < 4.78 is 5.92. The van der Waals surface area contributed by atoms with Crippen molar-refractivity contribution in [1.29, 1.82) is 0 Å². The number of nitrogens with one attached hydrogen (secondary N) is 1. The predicted molar refractivity (Wildman–Crippen MR) is 83.1 cm³/mol. The van der Waals surface area contributed by atoms with Crippen molar-refractivity contribution in [3.63, 3.8) is 0 Å². The Morgan fingerprint density at radius 3 is 2.95 bits per heavy atom. The topological polar surface area (TPSA) is 41.1 Å². The van der Waals surface area contributed by atoms with Crippen LogP contribution in [0.3, 0.4) is 0 Å². The standard InChI is InChI=1S/C17H23N3O/c1-2-9-20(10-3-1)12-14-13-6-4-8-18-17(13)19-16(14)15-7-5-11-21-15/h4,6,8,15H,1-3,5,7,9-12H2,(H,18,19)/t15-/m1/s1. The quantitative estimate of drug-likeness (QED) is 0.939. The molecule has 2 saturated heterocycles. The lowest BCUT2D eigenvalue weighted by Crippen LogP contribution is -2.29. The van der Waals surface area contributed by atoms with Gasteiger partial charge < -0.3 is 9.72 Å². The second-order valence-electron chi connectivity index (χ2n) is 6.26. The fourth-order valence-corrected chi connectivity index (χ4v) is 3.69. The average Bonchev–Trinajstić information content (AvgIpc) is 3.16. The number of aromatic amines is 1. The molecule has 0 saturated carbocycles. The van der Waals surface area contributed by atoms with Crippen LogP contribution >= 0.6 is 0 Å². The molecule has 0 bridgehead atoms. The maximum Gasteiger partial charge on any atom is 0.137 e. The summed E-state index contributed by atoms with van der Waals surface area (Å²) in [6.45, 7) is 4.35. The van der Waals surface area contributed by atoms with Crippen LogP contribution in [0.25, 0.3) is 11.0 Å². The van der Waals surface area contributed by atoms with Gasteiger partial charge in [-0.2, -0.15) is 0 Å². The smallest absolute Gasteiger partial charge is 0.137 e. The van der Waals surface area contributed by atoms with Crippen molar-refractivity contribution in [3.8, 4) is 0 Å². The van der Waals surface area contributed by atoms with Gasteiger partial charge in [-0.15, -0.1) is 0 Å². The molecular weight excluding hydrogens is 262 g/mol. The van der Waals surface area contributed by atoms with Crippen LogP contribution in [-0.2, 0) is 11.3 Å². The summed E-state index contributed by atoms with van der Waals surface area (Å²) in [4.78, 5) is 10.6. The van der Waals surface area contributed by atoms with E-state index in [0.29, 0.717) is 0 Å². The number of piperidine rings is 1. The SMILES string of the molecule is c1cnc2[nH]c([C@H]3CCCO3)c(CN3CCCCC3)c2c1. The van der Waals surface area contributed by atoms with Gasteiger partial charge in [-0.25, -0.2) is 4.98 Å². The van der Waals surface area contributed by atoms with Gasteiger partial charge in [0, 0.05) is 24.7 Å². The first-order valence-corrected chi connectivity index (χ1v) is 8.21. The molecule has 2 fully saturated rings. The van der Waals surface area contributed by atoms with Gasteiger partial charge >= 0.3 is 0 Å². The maximum absolute atomic E-state index is 5.92. The lowest BCUT2D eigenvalue weighted by molar-refractivity contribution is 0.107. The fourth-order valence-electron chi connectivity index (χ4n) is 3.69. The number of hydrogen-bond acceptors (Lipinski definition) is 3. The Morgan fingerprint density at radius 1 is 1.24 bits per heavy atom. The molecule has 1 atom stereocenters. The summed E-state index contributed by atoms with van der Waals surface area (Å²) in [5.74, 6) is 0. The van der Waals surface area contributed by atoms with Crippen molar-refractivity contribution < 1.29 is 4.74 Å². The largest absolute Gasteiger partial charge is 0.372 e. The summed E-state index contributed by atoms with van der Waals surface area (Å²) in [5, 5.41) is 1.27. The van der Waals surface area contributed by atoms with Crippen LogP contribution in [0.5, 0.6) is 0 Å². The van der Waals surface area contributed by atoms with Crippen molar-refractivity contribution in [3.05, 3.63) is 29.6 Å². The molecule has 0 radical (unpaired) electrons. The molecule has 0 amide bonds. The van der Waals surface area contributed by atoms with Crippen molar-refractivity contribution in [2.75, 3.05) is 19.7 Å². The molecular formula is C17H23N3O. The van der Waals surface area contributed by atoms with Crippen LogP contribution in [0.2, 0.25) is 0 Å². The van der Waals surface area contributed by atoms with Crippen molar-refractivity contribution in [1.82, 2.24) is 14.9 Å². The second-order valence-corrected chi connectivity index (χ2v) is 6.26. The number of pyridine rings is 1. The van der Waals surface area contributed by atoms with Gasteiger partial charge in [0.05, 0.1) is 11.8 Å². The number of H-pyrrole nitrogens is 1. The van der Waals surface area contributed by atoms with Crippen molar-refractivity contribution in [2.45, 2.75) is 44.8 Å². The highest BCUT2D eigenvalue weighted by atomic mass is 16.5. The fraction of sp³-hybridized carbons (Fsp3) is 0.588. The minimum atomic E-state index is 0.235.